The highest BCUT2D eigenvalue weighted by Gasteiger charge is 2.29. The molecule has 4 rings (SSSR count). The van der Waals surface area contributed by atoms with Gasteiger partial charge in [-0.2, -0.15) is 0 Å². The van der Waals surface area contributed by atoms with E-state index in [9.17, 15) is 4.79 Å². The van der Waals surface area contributed by atoms with Crippen LogP contribution >= 0.6 is 11.6 Å². The molecule has 29 heavy (non-hydrogen) atoms. The molecule has 154 valence electrons. The number of benzene rings is 2. The highest BCUT2D eigenvalue weighted by atomic mass is 35.5. The first kappa shape index (κ1) is 20.2. The van der Waals surface area contributed by atoms with Gasteiger partial charge in [-0.1, -0.05) is 41.4 Å². The maximum Gasteiger partial charge on any atom is 0.227 e. The Morgan fingerprint density at radius 2 is 1.97 bits per heavy atom. The molecule has 0 bridgehead atoms. The Morgan fingerprint density at radius 3 is 2.72 bits per heavy atom. The van der Waals surface area contributed by atoms with Gasteiger partial charge in [-0.05, 0) is 42.7 Å². The number of aryl methyl sites for hydroxylation is 1. The fourth-order valence-corrected chi connectivity index (χ4v) is 4.09. The van der Waals surface area contributed by atoms with Gasteiger partial charge in [0.25, 0.3) is 0 Å². The summed E-state index contributed by atoms with van der Waals surface area (Å²) in [6.45, 7) is 6.48. The highest BCUT2D eigenvalue weighted by molar-refractivity contribution is 6.30. The second-order valence-electron chi connectivity index (χ2n) is 7.85. The number of fused-ring (bicyclic) bond motifs is 1. The van der Waals surface area contributed by atoms with E-state index in [1.807, 2.05) is 18.2 Å². The van der Waals surface area contributed by atoms with Crippen molar-refractivity contribution in [2.75, 3.05) is 39.5 Å². The Kier molecular flexibility index (Phi) is 6.38. The van der Waals surface area contributed by atoms with Crippen LogP contribution in [0.15, 0.2) is 42.5 Å². The van der Waals surface area contributed by atoms with Crippen LogP contribution in [0.4, 0.5) is 0 Å². The number of ether oxygens (including phenoxy) is 2. The first-order valence-electron chi connectivity index (χ1n) is 10.2. The molecule has 5 nitrogen and oxygen atoms in total. The predicted molar refractivity (Wildman–Crippen MR) is 113 cm³/mol. The molecule has 1 N–H and O–H groups in total. The lowest BCUT2D eigenvalue weighted by Gasteiger charge is -2.32. The van der Waals surface area contributed by atoms with Gasteiger partial charge in [0.1, 0.15) is 12.4 Å². The summed E-state index contributed by atoms with van der Waals surface area (Å²) in [5, 5.41) is 3.95. The van der Waals surface area contributed by atoms with E-state index in [4.69, 9.17) is 21.1 Å². The molecule has 0 aliphatic carbocycles. The van der Waals surface area contributed by atoms with Crippen LogP contribution in [0.5, 0.6) is 5.75 Å². The zero-order valence-corrected chi connectivity index (χ0v) is 17.5. The van der Waals surface area contributed by atoms with E-state index in [2.05, 4.69) is 41.4 Å². The number of hydrogen-bond acceptors (Lipinski definition) is 4. The summed E-state index contributed by atoms with van der Waals surface area (Å²) in [6, 6.07) is 13.9. The molecule has 6 heteroatoms. The van der Waals surface area contributed by atoms with Crippen LogP contribution in [0.3, 0.4) is 0 Å². The van der Waals surface area contributed by atoms with Gasteiger partial charge < -0.3 is 14.8 Å². The lowest BCUT2D eigenvalue weighted by molar-refractivity contribution is -0.127. The van der Waals surface area contributed by atoms with Crippen LogP contribution in [0.1, 0.15) is 22.7 Å². The Bertz CT molecular complexity index is 850. The smallest absolute Gasteiger partial charge is 0.227 e. The van der Waals surface area contributed by atoms with E-state index in [0.717, 1.165) is 49.7 Å². The van der Waals surface area contributed by atoms with E-state index < -0.39 is 0 Å². The van der Waals surface area contributed by atoms with Crippen LogP contribution in [-0.4, -0.2) is 50.3 Å². The molecule has 2 atom stereocenters. The molecule has 0 spiro atoms. The second-order valence-corrected chi connectivity index (χ2v) is 8.29. The minimum atomic E-state index is -0.224. The number of amides is 1. The van der Waals surface area contributed by atoms with Crippen molar-refractivity contribution in [3.8, 4) is 5.75 Å². The standard InChI is InChI=1S/C23H27ClN2O3/c1-16-2-4-17(5-3-16)21(14-26-8-10-28-11-9-26)25-23(27)19-12-18-13-20(24)6-7-22(18)29-15-19/h2-7,13,19,21H,8-12,14-15H2,1H3,(H,25,27)/t19-,21-/m0/s1. The van der Waals surface area contributed by atoms with Gasteiger partial charge in [-0.15, -0.1) is 0 Å². The molecule has 0 radical (unpaired) electrons. The maximum atomic E-state index is 13.1. The molecular formula is C23H27ClN2O3. The fraction of sp³-hybridized carbons (Fsp3) is 0.435. The van der Waals surface area contributed by atoms with Crippen molar-refractivity contribution in [2.45, 2.75) is 19.4 Å². The molecular weight excluding hydrogens is 388 g/mol. The highest BCUT2D eigenvalue weighted by Crippen LogP contribution is 2.30. The molecule has 2 aromatic rings. The maximum absolute atomic E-state index is 13.1. The Morgan fingerprint density at radius 1 is 1.21 bits per heavy atom. The molecule has 2 aliphatic rings. The quantitative estimate of drug-likeness (QED) is 0.814. The lowest BCUT2D eigenvalue weighted by Crippen LogP contribution is -2.45. The third-order valence-electron chi connectivity index (χ3n) is 5.64. The zero-order chi connectivity index (χ0) is 20.2. The van der Waals surface area contributed by atoms with Crippen molar-refractivity contribution in [3.63, 3.8) is 0 Å². The number of rotatable bonds is 5. The molecule has 0 aromatic heterocycles. The first-order chi connectivity index (χ1) is 14.1. The van der Waals surface area contributed by atoms with Gasteiger partial charge in [0.15, 0.2) is 0 Å². The molecule has 2 aliphatic heterocycles. The van der Waals surface area contributed by atoms with Gasteiger partial charge >= 0.3 is 0 Å². The second kappa shape index (κ2) is 9.16. The van der Waals surface area contributed by atoms with E-state index in [0.29, 0.717) is 18.1 Å². The number of carbonyl (C=O) groups excluding carboxylic acids is 1. The zero-order valence-electron chi connectivity index (χ0n) is 16.7. The average Bonchev–Trinajstić information content (AvgIpc) is 2.74. The lowest BCUT2D eigenvalue weighted by atomic mass is 9.95. The summed E-state index contributed by atoms with van der Waals surface area (Å²) in [4.78, 5) is 15.5. The monoisotopic (exact) mass is 414 g/mol. The third-order valence-corrected chi connectivity index (χ3v) is 5.88. The minimum absolute atomic E-state index is 0.0226. The fourth-order valence-electron chi connectivity index (χ4n) is 3.90. The number of halogens is 1. The van der Waals surface area contributed by atoms with Gasteiger partial charge in [0.05, 0.1) is 25.2 Å². The minimum Gasteiger partial charge on any atom is -0.492 e. The van der Waals surface area contributed by atoms with Crippen molar-refractivity contribution in [1.29, 1.82) is 0 Å². The molecule has 2 aromatic carbocycles. The van der Waals surface area contributed by atoms with E-state index in [1.165, 1.54) is 5.56 Å². The summed E-state index contributed by atoms with van der Waals surface area (Å²) in [5.74, 6) is 0.620. The van der Waals surface area contributed by atoms with Crippen molar-refractivity contribution in [2.24, 2.45) is 5.92 Å². The van der Waals surface area contributed by atoms with Gasteiger partial charge in [0, 0.05) is 24.7 Å². The number of morpholine rings is 1. The normalized spacial score (nSPS) is 20.4. The molecule has 2 heterocycles. The van der Waals surface area contributed by atoms with E-state index >= 15 is 0 Å². The molecule has 1 fully saturated rings. The van der Waals surface area contributed by atoms with Crippen LogP contribution < -0.4 is 10.1 Å². The van der Waals surface area contributed by atoms with Crippen LogP contribution in [-0.2, 0) is 16.0 Å². The van der Waals surface area contributed by atoms with Gasteiger partial charge in [-0.25, -0.2) is 0 Å². The van der Waals surface area contributed by atoms with E-state index in [-0.39, 0.29) is 17.9 Å². The summed E-state index contributed by atoms with van der Waals surface area (Å²) in [6.07, 6.45) is 0.639. The van der Waals surface area contributed by atoms with Crippen LogP contribution in [0.2, 0.25) is 5.02 Å². The number of nitrogens with one attached hydrogen (secondary N) is 1. The summed E-state index contributed by atoms with van der Waals surface area (Å²) >= 11 is 6.12. The van der Waals surface area contributed by atoms with Gasteiger partial charge in [-0.3, -0.25) is 9.69 Å². The van der Waals surface area contributed by atoms with Crippen LogP contribution in [0, 0.1) is 12.8 Å². The van der Waals surface area contributed by atoms with Crippen molar-refractivity contribution in [3.05, 3.63) is 64.2 Å². The topological polar surface area (TPSA) is 50.8 Å². The Balaban J connectivity index is 1.47. The summed E-state index contributed by atoms with van der Waals surface area (Å²) < 4.78 is 11.3. The predicted octanol–water partition coefficient (Wildman–Crippen LogP) is 3.39. The van der Waals surface area contributed by atoms with Crippen molar-refractivity contribution < 1.29 is 14.3 Å². The Labute approximate surface area is 176 Å². The molecule has 0 unspecified atom stereocenters. The van der Waals surface area contributed by atoms with Crippen LogP contribution in [0.25, 0.3) is 0 Å². The van der Waals surface area contributed by atoms with Crippen molar-refractivity contribution in [1.82, 2.24) is 10.2 Å². The van der Waals surface area contributed by atoms with Gasteiger partial charge in [0.2, 0.25) is 5.91 Å². The average molecular weight is 415 g/mol. The summed E-state index contributed by atoms with van der Waals surface area (Å²) in [7, 11) is 0. The third kappa shape index (κ3) is 5.10. The van der Waals surface area contributed by atoms with E-state index in [1.54, 1.807) is 0 Å². The first-order valence-corrected chi connectivity index (χ1v) is 10.5. The summed E-state index contributed by atoms with van der Waals surface area (Å²) in [5.41, 5.74) is 3.32. The SMILES string of the molecule is Cc1ccc([C@H](CN2CCOCC2)NC(=O)[C@@H]2COc3ccc(Cl)cc3C2)cc1. The number of carbonyl (C=O) groups is 1. The molecule has 1 amide bonds. The number of hydrogen-bond donors (Lipinski definition) is 1. The Hall–Kier alpha value is -2.08. The largest absolute Gasteiger partial charge is 0.492 e. The molecule has 1 saturated heterocycles. The molecule has 0 saturated carbocycles. The van der Waals surface area contributed by atoms with Crippen molar-refractivity contribution >= 4 is 17.5 Å². The number of nitrogens with zero attached hydrogens (tertiary/aromatic N) is 1.